The molecule has 0 atom stereocenters. The fraction of sp³-hybridized carbons (Fsp3) is 0.333. The summed E-state index contributed by atoms with van der Waals surface area (Å²) in [6.45, 7) is 6.48. The molecule has 0 radical (unpaired) electrons. The van der Waals surface area contributed by atoms with Crippen molar-refractivity contribution in [3.63, 3.8) is 0 Å². The van der Waals surface area contributed by atoms with E-state index in [1.807, 2.05) is 0 Å². The third kappa shape index (κ3) is 1.96. The van der Waals surface area contributed by atoms with Crippen LogP contribution < -0.4 is 0 Å². The summed E-state index contributed by atoms with van der Waals surface area (Å²) >= 11 is 0. The highest BCUT2D eigenvalue weighted by Crippen LogP contribution is 1.86. The van der Waals surface area contributed by atoms with Crippen LogP contribution in [0.15, 0.2) is 17.9 Å². The monoisotopic (exact) mass is 96.1 g/mol. The molecule has 0 heterocycles. The van der Waals surface area contributed by atoms with Gasteiger partial charge in [0.1, 0.15) is 0 Å². The molecule has 0 aromatic heterocycles. The van der Waals surface area contributed by atoms with Crippen molar-refractivity contribution < 1.29 is 4.79 Å². The van der Waals surface area contributed by atoms with Gasteiger partial charge in [0.05, 0.1) is 0 Å². The Morgan fingerprint density at radius 1 is 1.57 bits per heavy atom. The van der Waals surface area contributed by atoms with Crippen molar-refractivity contribution in [1.82, 2.24) is 0 Å². The summed E-state index contributed by atoms with van der Waals surface area (Å²) in [6, 6.07) is 0. The highest BCUT2D eigenvalue weighted by atomic mass is 16.1. The Kier molecular flexibility index (Phi) is 2.10. The lowest BCUT2D eigenvalue weighted by atomic mass is 10.2. The molecule has 0 aromatic carbocycles. The molecule has 1 heteroatoms. The van der Waals surface area contributed by atoms with Crippen LogP contribution in [0.25, 0.3) is 0 Å². The van der Waals surface area contributed by atoms with Gasteiger partial charge in [-0.3, -0.25) is 4.79 Å². The molecule has 0 aliphatic carbocycles. The lowest BCUT2D eigenvalue weighted by Crippen LogP contribution is -1.87. The van der Waals surface area contributed by atoms with E-state index in [1.54, 1.807) is 6.92 Å². The van der Waals surface area contributed by atoms with Crippen molar-refractivity contribution in [1.29, 1.82) is 0 Å². The van der Waals surface area contributed by atoms with Crippen LogP contribution in [0.1, 0.15) is 13.8 Å². The Labute approximate surface area is 43.3 Å². The molecular weight excluding hydrogens is 88.1 g/mol. The van der Waals surface area contributed by atoms with Crippen LogP contribution in [0.5, 0.6) is 0 Å². The van der Waals surface area contributed by atoms with Gasteiger partial charge in [0.15, 0.2) is 5.78 Å². The summed E-state index contributed by atoms with van der Waals surface area (Å²) in [7, 11) is 0. The predicted molar refractivity (Wildman–Crippen MR) is 29.0 cm³/mol. The van der Waals surface area contributed by atoms with Crippen molar-refractivity contribution in [2.45, 2.75) is 13.8 Å². The smallest absolute Gasteiger partial charge is 0.163 e. The molecule has 38 valence electrons. The van der Waals surface area contributed by atoms with E-state index in [1.165, 1.54) is 6.92 Å². The van der Waals surface area contributed by atoms with Gasteiger partial charge in [-0.1, -0.05) is 6.58 Å². The lowest BCUT2D eigenvalue weighted by Gasteiger charge is -1.81. The molecule has 0 saturated heterocycles. The molecule has 0 amide bonds. The molecule has 0 spiro atoms. The first-order valence-corrected chi connectivity index (χ1v) is 2.06. The average molecular weight is 96.1 g/mol. The number of rotatable bonds is 1. The maximum absolute atomic E-state index is 10.2. The minimum atomic E-state index is 0.0370. The van der Waals surface area contributed by atoms with Crippen LogP contribution in [0.4, 0.5) is 0 Å². The van der Waals surface area contributed by atoms with Crippen molar-refractivity contribution in [3.8, 4) is 0 Å². The van der Waals surface area contributed by atoms with E-state index < -0.39 is 0 Å². The van der Waals surface area contributed by atoms with Crippen molar-refractivity contribution >= 4 is 5.78 Å². The van der Waals surface area contributed by atoms with Gasteiger partial charge in [0.2, 0.25) is 0 Å². The molecule has 1 nitrogen and oxygen atoms in total. The number of hydrogen-bond acceptors (Lipinski definition) is 1. The summed E-state index contributed by atoms with van der Waals surface area (Å²) in [6.07, 6.45) is 0. The summed E-state index contributed by atoms with van der Waals surface area (Å²) < 4.78 is 0. The molecule has 7 heavy (non-hydrogen) atoms. The van der Waals surface area contributed by atoms with Crippen molar-refractivity contribution in [3.05, 3.63) is 17.9 Å². The fourth-order valence-corrected chi connectivity index (χ4v) is 0.124. The van der Waals surface area contributed by atoms with E-state index in [0.29, 0.717) is 5.57 Å². The van der Waals surface area contributed by atoms with Gasteiger partial charge in [-0.15, -0.1) is 5.73 Å². The zero-order chi connectivity index (χ0) is 5.86. The van der Waals surface area contributed by atoms with Gasteiger partial charge in [0, 0.05) is 5.57 Å². The first kappa shape index (κ1) is 6.19. The fourth-order valence-electron chi connectivity index (χ4n) is 0.124. The first-order chi connectivity index (χ1) is 3.18. The SMILES string of the molecule is C=C=C(C)C(C)=O. The summed E-state index contributed by atoms with van der Waals surface area (Å²) in [5.41, 5.74) is 3.08. The van der Waals surface area contributed by atoms with Crippen LogP contribution in [0, 0.1) is 0 Å². The second-order valence-electron chi connectivity index (χ2n) is 1.36. The van der Waals surface area contributed by atoms with Gasteiger partial charge < -0.3 is 0 Å². The van der Waals surface area contributed by atoms with Gasteiger partial charge in [-0.2, -0.15) is 0 Å². The van der Waals surface area contributed by atoms with E-state index in [-0.39, 0.29) is 5.78 Å². The molecule has 0 N–H and O–H groups in total. The number of hydrogen-bond donors (Lipinski definition) is 0. The third-order valence-corrected chi connectivity index (χ3v) is 0.793. The van der Waals surface area contributed by atoms with Crippen molar-refractivity contribution in [2.24, 2.45) is 0 Å². The molecule has 0 bridgehead atoms. The Balaban J connectivity index is 4.10. The standard InChI is InChI=1S/C6H8O/c1-4-5(2)6(3)7/h1H2,2-3H3. The van der Waals surface area contributed by atoms with Crippen LogP contribution in [-0.4, -0.2) is 5.78 Å². The molecule has 0 fully saturated rings. The number of carbonyl (C=O) groups is 1. The van der Waals surface area contributed by atoms with Crippen LogP contribution in [0.2, 0.25) is 0 Å². The number of Topliss-reactive ketones (excluding diaryl/α,β-unsaturated/α-hetero) is 1. The highest BCUT2D eigenvalue weighted by Gasteiger charge is 1.89. The molecule has 0 aliphatic heterocycles. The third-order valence-electron chi connectivity index (χ3n) is 0.793. The minimum absolute atomic E-state index is 0.0370. The largest absolute Gasteiger partial charge is 0.294 e. The zero-order valence-corrected chi connectivity index (χ0v) is 4.62. The van der Waals surface area contributed by atoms with Gasteiger partial charge >= 0.3 is 0 Å². The quantitative estimate of drug-likeness (QED) is 0.355. The van der Waals surface area contributed by atoms with Gasteiger partial charge in [0.25, 0.3) is 0 Å². The van der Waals surface area contributed by atoms with E-state index in [9.17, 15) is 4.79 Å². The normalized spacial score (nSPS) is 7.14. The summed E-state index contributed by atoms with van der Waals surface area (Å²) in [4.78, 5) is 10.2. The van der Waals surface area contributed by atoms with Gasteiger partial charge in [-0.25, -0.2) is 0 Å². The first-order valence-electron chi connectivity index (χ1n) is 2.06. The van der Waals surface area contributed by atoms with Crippen LogP contribution >= 0.6 is 0 Å². The Bertz CT molecular complexity index is 127. The Morgan fingerprint density at radius 2 is 2.00 bits per heavy atom. The van der Waals surface area contributed by atoms with E-state index in [4.69, 9.17) is 0 Å². The second-order valence-corrected chi connectivity index (χ2v) is 1.36. The molecule has 0 aliphatic rings. The summed E-state index contributed by atoms with van der Waals surface area (Å²) in [5, 5.41) is 0. The predicted octanol–water partition coefficient (Wildman–Crippen LogP) is 1.31. The van der Waals surface area contributed by atoms with Crippen LogP contribution in [0.3, 0.4) is 0 Å². The average Bonchev–Trinajstić information content (AvgIpc) is 1.65. The highest BCUT2D eigenvalue weighted by molar-refractivity contribution is 5.92. The number of allylic oxidation sites excluding steroid dienone is 1. The lowest BCUT2D eigenvalue weighted by molar-refractivity contribution is -0.113. The van der Waals surface area contributed by atoms with Gasteiger partial charge in [-0.05, 0) is 13.8 Å². The number of carbonyl (C=O) groups excluding carboxylic acids is 1. The topological polar surface area (TPSA) is 17.1 Å². The van der Waals surface area contributed by atoms with E-state index >= 15 is 0 Å². The maximum Gasteiger partial charge on any atom is 0.163 e. The molecular formula is C6H8O. The molecule has 0 aromatic rings. The van der Waals surface area contributed by atoms with Crippen molar-refractivity contribution in [2.75, 3.05) is 0 Å². The minimum Gasteiger partial charge on any atom is -0.294 e. The number of ketones is 1. The van der Waals surface area contributed by atoms with E-state index in [0.717, 1.165) is 0 Å². The molecule has 0 rings (SSSR count). The molecule has 0 saturated carbocycles. The summed E-state index contributed by atoms with van der Waals surface area (Å²) in [5.74, 6) is 0.0370. The van der Waals surface area contributed by atoms with E-state index in [2.05, 4.69) is 12.3 Å². The second kappa shape index (κ2) is 2.38. The Hall–Kier alpha value is -0.810. The maximum atomic E-state index is 10.2. The molecule has 0 unspecified atom stereocenters. The Morgan fingerprint density at radius 3 is 2.00 bits per heavy atom. The zero-order valence-electron chi connectivity index (χ0n) is 4.62. The van der Waals surface area contributed by atoms with Crippen LogP contribution in [-0.2, 0) is 4.79 Å².